The molecule has 2 aromatic heterocycles. The highest BCUT2D eigenvalue weighted by Crippen LogP contribution is 2.30. The monoisotopic (exact) mass is 288 g/mol. The van der Waals surface area contributed by atoms with Gasteiger partial charge in [0.1, 0.15) is 5.76 Å². The normalized spacial score (nSPS) is 20.2. The maximum Gasteiger partial charge on any atom is 0.318 e. The zero-order chi connectivity index (χ0) is 14.7. The summed E-state index contributed by atoms with van der Waals surface area (Å²) in [5.74, 6) is 0.764. The van der Waals surface area contributed by atoms with Gasteiger partial charge in [-0.2, -0.15) is 5.10 Å². The van der Waals surface area contributed by atoms with E-state index in [1.807, 2.05) is 30.2 Å². The van der Waals surface area contributed by atoms with E-state index >= 15 is 0 Å². The number of aromatic nitrogens is 2. The molecule has 1 aliphatic heterocycles. The Morgan fingerprint density at radius 1 is 1.57 bits per heavy atom. The van der Waals surface area contributed by atoms with Crippen LogP contribution >= 0.6 is 0 Å². The van der Waals surface area contributed by atoms with Gasteiger partial charge in [0.2, 0.25) is 0 Å². The van der Waals surface area contributed by atoms with Crippen LogP contribution in [0.2, 0.25) is 0 Å². The van der Waals surface area contributed by atoms with E-state index in [1.54, 1.807) is 12.5 Å². The molecule has 0 aliphatic carbocycles. The summed E-state index contributed by atoms with van der Waals surface area (Å²) in [7, 11) is 0. The zero-order valence-corrected chi connectivity index (χ0v) is 12.1. The molecule has 21 heavy (non-hydrogen) atoms. The molecule has 2 amide bonds. The molecular formula is C15H20N4O2. The number of furan rings is 1. The highest BCUT2D eigenvalue weighted by atomic mass is 16.3. The first-order valence-corrected chi connectivity index (χ1v) is 7.35. The lowest BCUT2D eigenvalue weighted by Gasteiger charge is -2.35. The van der Waals surface area contributed by atoms with Crippen LogP contribution in [0.15, 0.2) is 35.2 Å². The average Bonchev–Trinajstić information content (AvgIpc) is 3.20. The lowest BCUT2D eigenvalue weighted by atomic mass is 9.98. The molecule has 3 heterocycles. The molecule has 1 saturated heterocycles. The van der Waals surface area contributed by atoms with Crippen molar-refractivity contribution in [1.29, 1.82) is 0 Å². The maximum absolute atomic E-state index is 12.6. The summed E-state index contributed by atoms with van der Waals surface area (Å²) in [4.78, 5) is 14.4. The van der Waals surface area contributed by atoms with Crippen molar-refractivity contribution in [2.45, 2.75) is 38.3 Å². The zero-order valence-electron chi connectivity index (χ0n) is 12.1. The van der Waals surface area contributed by atoms with Crippen LogP contribution < -0.4 is 5.32 Å². The molecule has 0 saturated carbocycles. The number of nitrogens with zero attached hydrogens (tertiary/aromatic N) is 2. The number of rotatable bonds is 3. The quantitative estimate of drug-likeness (QED) is 0.911. The predicted molar refractivity (Wildman–Crippen MR) is 77.5 cm³/mol. The highest BCUT2D eigenvalue weighted by molar-refractivity contribution is 5.75. The summed E-state index contributed by atoms with van der Waals surface area (Å²) in [6.07, 6.45) is 8.43. The minimum Gasteiger partial charge on any atom is -0.467 e. The fraction of sp³-hybridized carbons (Fsp3) is 0.467. The van der Waals surface area contributed by atoms with E-state index < -0.39 is 0 Å². The smallest absolute Gasteiger partial charge is 0.318 e. The number of carbonyl (C=O) groups is 1. The van der Waals surface area contributed by atoms with E-state index in [2.05, 4.69) is 15.5 Å². The van der Waals surface area contributed by atoms with Crippen LogP contribution in [-0.2, 0) is 0 Å². The van der Waals surface area contributed by atoms with Crippen LogP contribution in [0.1, 0.15) is 49.6 Å². The van der Waals surface area contributed by atoms with Crippen molar-refractivity contribution >= 4 is 6.03 Å². The third-order valence-electron chi connectivity index (χ3n) is 3.98. The Hall–Kier alpha value is -2.24. The minimum absolute atomic E-state index is 0.0511. The molecule has 0 aromatic carbocycles. The number of hydrogen-bond acceptors (Lipinski definition) is 3. The van der Waals surface area contributed by atoms with Gasteiger partial charge in [-0.3, -0.25) is 5.10 Å². The van der Waals surface area contributed by atoms with Crippen molar-refractivity contribution in [1.82, 2.24) is 20.4 Å². The van der Waals surface area contributed by atoms with E-state index in [1.165, 1.54) is 0 Å². The van der Waals surface area contributed by atoms with Gasteiger partial charge in [-0.25, -0.2) is 4.79 Å². The second-order valence-corrected chi connectivity index (χ2v) is 5.42. The van der Waals surface area contributed by atoms with Crippen LogP contribution in [0.5, 0.6) is 0 Å². The van der Waals surface area contributed by atoms with Crippen molar-refractivity contribution < 1.29 is 9.21 Å². The highest BCUT2D eigenvalue weighted by Gasteiger charge is 2.29. The predicted octanol–water partition coefficient (Wildman–Crippen LogP) is 3.00. The van der Waals surface area contributed by atoms with Crippen molar-refractivity contribution in [3.05, 3.63) is 42.1 Å². The Morgan fingerprint density at radius 2 is 2.48 bits per heavy atom. The van der Waals surface area contributed by atoms with Gasteiger partial charge >= 0.3 is 6.03 Å². The van der Waals surface area contributed by atoms with E-state index in [0.29, 0.717) is 0 Å². The number of likely N-dealkylation sites (tertiary alicyclic amines) is 1. The van der Waals surface area contributed by atoms with Crippen LogP contribution in [0, 0.1) is 0 Å². The largest absolute Gasteiger partial charge is 0.467 e. The molecule has 2 aromatic rings. The Morgan fingerprint density at radius 3 is 3.19 bits per heavy atom. The first kappa shape index (κ1) is 13.7. The molecule has 112 valence electrons. The Labute approximate surface area is 123 Å². The summed E-state index contributed by atoms with van der Waals surface area (Å²) in [6.45, 7) is 2.69. The SMILES string of the molecule is C[C@H](NC(=O)N1CCCC[C@H]1c1cn[nH]c1)c1ccco1. The summed E-state index contributed by atoms with van der Waals surface area (Å²) in [5.41, 5.74) is 1.07. The second-order valence-electron chi connectivity index (χ2n) is 5.42. The number of hydrogen-bond donors (Lipinski definition) is 2. The number of amides is 2. The number of carbonyl (C=O) groups excluding carboxylic acids is 1. The van der Waals surface area contributed by atoms with Crippen molar-refractivity contribution in [3.8, 4) is 0 Å². The average molecular weight is 288 g/mol. The fourth-order valence-corrected chi connectivity index (χ4v) is 2.84. The molecule has 6 heteroatoms. The summed E-state index contributed by atoms with van der Waals surface area (Å²) in [6, 6.07) is 3.60. The Bertz CT molecular complexity index is 565. The van der Waals surface area contributed by atoms with Crippen LogP contribution in [0.25, 0.3) is 0 Å². The van der Waals surface area contributed by atoms with Crippen LogP contribution in [-0.4, -0.2) is 27.7 Å². The number of piperidine rings is 1. The van der Waals surface area contributed by atoms with E-state index in [0.717, 1.165) is 37.1 Å². The molecule has 1 aliphatic rings. The molecule has 1 fully saturated rings. The van der Waals surface area contributed by atoms with Crippen molar-refractivity contribution in [2.24, 2.45) is 0 Å². The van der Waals surface area contributed by atoms with Crippen LogP contribution in [0.3, 0.4) is 0 Å². The second kappa shape index (κ2) is 6.03. The Balaban J connectivity index is 1.69. The topological polar surface area (TPSA) is 74.2 Å². The molecule has 6 nitrogen and oxygen atoms in total. The molecular weight excluding hydrogens is 268 g/mol. The Kier molecular flexibility index (Phi) is 3.94. The van der Waals surface area contributed by atoms with Gasteiger partial charge in [0, 0.05) is 18.3 Å². The molecule has 0 unspecified atom stereocenters. The van der Waals surface area contributed by atoms with E-state index in [9.17, 15) is 4.79 Å². The van der Waals surface area contributed by atoms with Crippen molar-refractivity contribution in [2.75, 3.05) is 6.54 Å². The van der Waals surface area contributed by atoms with Gasteiger partial charge in [-0.05, 0) is 38.3 Å². The first-order valence-electron chi connectivity index (χ1n) is 7.35. The van der Waals surface area contributed by atoms with Gasteiger partial charge in [0.05, 0.1) is 24.5 Å². The van der Waals surface area contributed by atoms with Crippen LogP contribution in [0.4, 0.5) is 4.79 Å². The molecule has 0 spiro atoms. The molecule has 0 bridgehead atoms. The number of urea groups is 1. The van der Waals surface area contributed by atoms with Gasteiger partial charge in [0.15, 0.2) is 0 Å². The summed E-state index contributed by atoms with van der Waals surface area (Å²) < 4.78 is 5.33. The number of aromatic amines is 1. The molecule has 2 N–H and O–H groups in total. The maximum atomic E-state index is 12.6. The summed E-state index contributed by atoms with van der Waals surface area (Å²) in [5, 5.41) is 9.83. The van der Waals surface area contributed by atoms with E-state index in [4.69, 9.17) is 4.42 Å². The van der Waals surface area contributed by atoms with E-state index in [-0.39, 0.29) is 18.1 Å². The van der Waals surface area contributed by atoms with Crippen molar-refractivity contribution in [3.63, 3.8) is 0 Å². The number of nitrogens with one attached hydrogen (secondary N) is 2. The third-order valence-corrected chi connectivity index (χ3v) is 3.98. The molecule has 2 atom stereocenters. The van der Waals surface area contributed by atoms with Gasteiger partial charge in [-0.15, -0.1) is 0 Å². The van der Waals surface area contributed by atoms with Gasteiger partial charge in [-0.1, -0.05) is 0 Å². The van der Waals surface area contributed by atoms with Gasteiger partial charge in [0.25, 0.3) is 0 Å². The molecule has 0 radical (unpaired) electrons. The standard InChI is InChI=1S/C15H20N4O2/c1-11(14-6-4-8-21-14)18-15(20)19-7-3-2-5-13(19)12-9-16-17-10-12/h4,6,8-11,13H,2-3,5,7H2,1H3,(H,16,17)(H,18,20)/t11-,13-/m0/s1. The molecule has 3 rings (SSSR count). The lowest BCUT2D eigenvalue weighted by molar-refractivity contribution is 0.148. The summed E-state index contributed by atoms with van der Waals surface area (Å²) >= 11 is 0. The fourth-order valence-electron chi connectivity index (χ4n) is 2.84. The van der Waals surface area contributed by atoms with Gasteiger partial charge < -0.3 is 14.6 Å². The third kappa shape index (κ3) is 2.94. The number of H-pyrrole nitrogens is 1. The lowest BCUT2D eigenvalue weighted by Crippen LogP contribution is -2.45. The first-order chi connectivity index (χ1) is 10.3. The minimum atomic E-state index is -0.139.